The average Bonchev–Trinajstić information content (AvgIpc) is 3.16. The van der Waals surface area contributed by atoms with Gasteiger partial charge in [-0.15, -0.1) is 5.10 Å². The summed E-state index contributed by atoms with van der Waals surface area (Å²) < 4.78 is 12.2. The summed E-state index contributed by atoms with van der Waals surface area (Å²) in [6.45, 7) is 1.58. The summed E-state index contributed by atoms with van der Waals surface area (Å²) in [5.74, 6) is 0.247. The summed E-state index contributed by atoms with van der Waals surface area (Å²) in [7, 11) is 3.15. The van der Waals surface area contributed by atoms with Crippen LogP contribution in [0.25, 0.3) is 11.0 Å². The molecule has 0 bridgehead atoms. The predicted molar refractivity (Wildman–Crippen MR) is 87.9 cm³/mol. The number of nitrogens with one attached hydrogen (secondary N) is 1. The van der Waals surface area contributed by atoms with Crippen molar-refractivity contribution in [3.63, 3.8) is 0 Å². The second-order valence-electron chi connectivity index (χ2n) is 5.83. The van der Waals surface area contributed by atoms with E-state index in [0.29, 0.717) is 16.9 Å². The molecule has 7 nitrogen and oxygen atoms in total. The summed E-state index contributed by atoms with van der Waals surface area (Å²) in [5, 5.41) is 18.3. The van der Waals surface area contributed by atoms with Crippen molar-refractivity contribution in [2.24, 2.45) is 7.05 Å². The summed E-state index contributed by atoms with van der Waals surface area (Å²) >= 11 is 0. The molecule has 0 aliphatic rings. The number of rotatable bonds is 5. The number of hydrogen-bond acceptors (Lipinski definition) is 5. The van der Waals surface area contributed by atoms with Crippen LogP contribution in [0.3, 0.4) is 0 Å². The van der Waals surface area contributed by atoms with E-state index >= 15 is 0 Å². The minimum Gasteiger partial charge on any atom is -0.479 e. The number of carbonyl (C=O) groups excluding carboxylic acids is 1. The van der Waals surface area contributed by atoms with Gasteiger partial charge < -0.3 is 19.6 Å². The van der Waals surface area contributed by atoms with Gasteiger partial charge in [0.25, 0.3) is 5.91 Å². The zero-order valence-electron chi connectivity index (χ0n) is 13.7. The van der Waals surface area contributed by atoms with E-state index in [0.717, 1.165) is 5.39 Å². The van der Waals surface area contributed by atoms with Crippen LogP contribution in [0.5, 0.6) is 5.88 Å². The molecule has 0 saturated carbocycles. The SMILES string of the molecule is COc1nn(C)cc1C(=O)NC[C@@](C)(O)c1cc2ccccc2o1. The molecule has 126 valence electrons. The molecule has 1 amide bonds. The molecular formula is C17H19N3O4. The van der Waals surface area contributed by atoms with Gasteiger partial charge in [-0.2, -0.15) is 0 Å². The van der Waals surface area contributed by atoms with E-state index in [-0.39, 0.29) is 18.3 Å². The predicted octanol–water partition coefficient (Wildman–Crippen LogP) is 1.81. The lowest BCUT2D eigenvalue weighted by molar-refractivity contribution is 0.0344. The fraction of sp³-hybridized carbons (Fsp3) is 0.294. The third-order valence-electron chi connectivity index (χ3n) is 3.78. The summed E-state index contributed by atoms with van der Waals surface area (Å²) in [5.41, 5.74) is -0.349. The summed E-state index contributed by atoms with van der Waals surface area (Å²) in [6, 6.07) is 9.26. The van der Waals surface area contributed by atoms with Crippen molar-refractivity contribution in [1.82, 2.24) is 15.1 Å². The molecule has 1 atom stereocenters. The van der Waals surface area contributed by atoms with Crippen LogP contribution in [0.1, 0.15) is 23.0 Å². The molecule has 2 N–H and O–H groups in total. The van der Waals surface area contributed by atoms with Gasteiger partial charge in [-0.3, -0.25) is 9.48 Å². The molecule has 0 aliphatic carbocycles. The second-order valence-corrected chi connectivity index (χ2v) is 5.83. The molecule has 0 saturated heterocycles. The Kier molecular flexibility index (Phi) is 4.02. The molecule has 3 aromatic rings. The highest BCUT2D eigenvalue weighted by molar-refractivity contribution is 5.96. The molecule has 2 aromatic heterocycles. The van der Waals surface area contributed by atoms with Crippen LogP contribution in [-0.4, -0.2) is 34.4 Å². The van der Waals surface area contributed by atoms with Crippen LogP contribution in [0.15, 0.2) is 40.9 Å². The first-order valence-corrected chi connectivity index (χ1v) is 7.48. The van der Waals surface area contributed by atoms with Crippen molar-refractivity contribution in [2.45, 2.75) is 12.5 Å². The largest absolute Gasteiger partial charge is 0.479 e. The smallest absolute Gasteiger partial charge is 0.258 e. The molecule has 1 aromatic carbocycles. The molecular weight excluding hydrogens is 310 g/mol. The lowest BCUT2D eigenvalue weighted by atomic mass is 10.0. The number of aliphatic hydroxyl groups is 1. The standard InChI is InChI=1S/C17H19N3O4/c1-17(22,14-8-11-6-4-5-7-13(11)24-14)10-18-15(21)12-9-20(2)19-16(12)23-3/h4-9,22H,10H2,1-3H3,(H,18,21)/t17-/m1/s1. The normalized spacial score (nSPS) is 13.7. The first kappa shape index (κ1) is 16.1. The van der Waals surface area contributed by atoms with Crippen LogP contribution in [0.2, 0.25) is 0 Å². The number of ether oxygens (including phenoxy) is 1. The second kappa shape index (κ2) is 6.01. The summed E-state index contributed by atoms with van der Waals surface area (Å²) in [6.07, 6.45) is 1.56. The van der Waals surface area contributed by atoms with E-state index in [2.05, 4.69) is 10.4 Å². The maximum Gasteiger partial charge on any atom is 0.258 e. The topological polar surface area (TPSA) is 89.5 Å². The number of para-hydroxylation sites is 1. The summed E-state index contributed by atoms with van der Waals surface area (Å²) in [4.78, 5) is 12.3. The molecule has 0 radical (unpaired) electrons. The van der Waals surface area contributed by atoms with Crippen molar-refractivity contribution in [3.8, 4) is 5.88 Å². The Morgan fingerprint density at radius 2 is 2.21 bits per heavy atom. The Bertz CT molecular complexity index is 846. The molecule has 0 fully saturated rings. The van der Waals surface area contributed by atoms with Crippen LogP contribution in [0.4, 0.5) is 0 Å². The van der Waals surface area contributed by atoms with E-state index in [1.54, 1.807) is 26.2 Å². The lowest BCUT2D eigenvalue weighted by Crippen LogP contribution is -2.38. The number of aromatic nitrogens is 2. The van der Waals surface area contributed by atoms with Crippen molar-refractivity contribution in [3.05, 3.63) is 47.9 Å². The number of amides is 1. The van der Waals surface area contributed by atoms with Crippen LogP contribution in [0, 0.1) is 0 Å². The third-order valence-corrected chi connectivity index (χ3v) is 3.78. The number of fused-ring (bicyclic) bond motifs is 1. The quantitative estimate of drug-likeness (QED) is 0.745. The lowest BCUT2D eigenvalue weighted by Gasteiger charge is -2.21. The van der Waals surface area contributed by atoms with E-state index in [4.69, 9.17) is 9.15 Å². The molecule has 0 unspecified atom stereocenters. The van der Waals surface area contributed by atoms with Gasteiger partial charge in [0, 0.05) is 18.6 Å². The van der Waals surface area contributed by atoms with Crippen molar-refractivity contribution < 1.29 is 19.1 Å². The molecule has 0 spiro atoms. The number of furan rings is 1. The van der Waals surface area contributed by atoms with Crippen molar-refractivity contribution in [2.75, 3.05) is 13.7 Å². The highest BCUT2D eigenvalue weighted by Gasteiger charge is 2.29. The Balaban J connectivity index is 1.75. The maximum atomic E-state index is 12.3. The molecule has 3 rings (SSSR count). The van der Waals surface area contributed by atoms with Crippen molar-refractivity contribution in [1.29, 1.82) is 0 Å². The number of nitrogens with zero attached hydrogens (tertiary/aromatic N) is 2. The highest BCUT2D eigenvalue weighted by atomic mass is 16.5. The Morgan fingerprint density at radius 1 is 1.46 bits per heavy atom. The van der Waals surface area contributed by atoms with E-state index < -0.39 is 5.60 Å². The number of hydrogen-bond donors (Lipinski definition) is 2. The van der Waals surface area contributed by atoms with Gasteiger partial charge in [0.05, 0.1) is 13.7 Å². The van der Waals surface area contributed by atoms with Gasteiger partial charge in [-0.25, -0.2) is 0 Å². The highest BCUT2D eigenvalue weighted by Crippen LogP contribution is 2.27. The van der Waals surface area contributed by atoms with Gasteiger partial charge in [-0.1, -0.05) is 18.2 Å². The molecule has 24 heavy (non-hydrogen) atoms. The van der Waals surface area contributed by atoms with Crippen LogP contribution in [-0.2, 0) is 12.6 Å². The number of benzene rings is 1. The van der Waals surface area contributed by atoms with Gasteiger partial charge in [0.2, 0.25) is 5.88 Å². The third kappa shape index (κ3) is 2.98. The average molecular weight is 329 g/mol. The molecule has 2 heterocycles. The number of methoxy groups -OCH3 is 1. The van der Waals surface area contributed by atoms with Crippen molar-refractivity contribution >= 4 is 16.9 Å². The Hall–Kier alpha value is -2.80. The molecule has 0 aliphatic heterocycles. The minimum absolute atomic E-state index is 0.0102. The van der Waals surface area contributed by atoms with Gasteiger partial charge in [-0.05, 0) is 19.1 Å². The zero-order chi connectivity index (χ0) is 17.3. The maximum absolute atomic E-state index is 12.3. The van der Waals surface area contributed by atoms with E-state index in [9.17, 15) is 9.90 Å². The molecule has 7 heteroatoms. The monoisotopic (exact) mass is 329 g/mol. The van der Waals surface area contributed by atoms with Gasteiger partial charge in [0.1, 0.15) is 22.5 Å². The van der Waals surface area contributed by atoms with Crippen LogP contribution >= 0.6 is 0 Å². The van der Waals surface area contributed by atoms with Gasteiger partial charge >= 0.3 is 0 Å². The number of aryl methyl sites for hydroxylation is 1. The fourth-order valence-electron chi connectivity index (χ4n) is 2.46. The van der Waals surface area contributed by atoms with E-state index in [1.165, 1.54) is 11.8 Å². The van der Waals surface area contributed by atoms with Crippen LogP contribution < -0.4 is 10.1 Å². The van der Waals surface area contributed by atoms with Gasteiger partial charge in [0.15, 0.2) is 0 Å². The first-order chi connectivity index (χ1) is 11.4. The Morgan fingerprint density at radius 3 is 2.92 bits per heavy atom. The van der Waals surface area contributed by atoms with E-state index in [1.807, 2.05) is 24.3 Å². The minimum atomic E-state index is -1.34. The first-order valence-electron chi connectivity index (χ1n) is 7.48. The Labute approximate surface area is 138 Å². The number of carbonyl (C=O) groups is 1. The zero-order valence-corrected chi connectivity index (χ0v) is 13.7. The fourth-order valence-corrected chi connectivity index (χ4v) is 2.46.